The Morgan fingerprint density at radius 1 is 0.525 bits per heavy atom. The van der Waals surface area contributed by atoms with Crippen molar-refractivity contribution in [1.82, 2.24) is 0 Å². The summed E-state index contributed by atoms with van der Waals surface area (Å²) in [6.45, 7) is 4.52. The second-order valence-corrected chi connectivity index (χ2v) is 16.0. The zero-order valence-electron chi connectivity index (χ0n) is 37.8. The summed E-state index contributed by atoms with van der Waals surface area (Å²) in [5.74, 6) is -2.37. The molecule has 0 fully saturated rings. The van der Waals surface area contributed by atoms with Crippen molar-refractivity contribution in [3.63, 3.8) is 0 Å². The number of carboxylic acid groups (broad SMARTS) is 1. The summed E-state index contributed by atoms with van der Waals surface area (Å²) in [7, 11) is 5.88. The average Bonchev–Trinajstić information content (AvgIpc) is 3.19. The van der Waals surface area contributed by atoms with Crippen molar-refractivity contribution in [2.75, 3.05) is 47.5 Å². The van der Waals surface area contributed by atoms with Gasteiger partial charge in [0.05, 0.1) is 40.3 Å². The van der Waals surface area contributed by atoms with Crippen LogP contribution in [0.5, 0.6) is 0 Å². The Labute approximate surface area is 359 Å². The van der Waals surface area contributed by atoms with Crippen LogP contribution >= 0.6 is 0 Å². The van der Waals surface area contributed by atoms with E-state index in [0.717, 1.165) is 89.9 Å². The second-order valence-electron chi connectivity index (χ2n) is 16.0. The molecular weight excluding hydrogens is 743 g/mol. The molecule has 0 amide bonds. The predicted octanol–water partition coefficient (Wildman–Crippen LogP) is 10.8. The van der Waals surface area contributed by atoms with Crippen LogP contribution < -0.4 is 5.11 Å². The van der Waals surface area contributed by atoms with E-state index >= 15 is 0 Å². The Bertz CT molecular complexity index is 1240. The molecule has 0 aliphatic carbocycles. The van der Waals surface area contributed by atoms with Crippen LogP contribution in [0.2, 0.25) is 0 Å². The molecule has 9 nitrogen and oxygen atoms in total. The Morgan fingerprint density at radius 2 is 0.966 bits per heavy atom. The molecule has 59 heavy (non-hydrogen) atoms. The highest BCUT2D eigenvalue weighted by atomic mass is 16.7. The standard InChI is InChI=1S/C50H83NO8/c1-6-8-10-12-14-16-18-20-21-22-23-24-25-26-27-29-31-33-35-37-39-41-48(53)59-46(45-58-50(49(54)55)56-43-42-51(3,4)5)44-57-47(52)40-38-36-34-32-30-28-19-17-15-13-11-9-7-2/h8,10,14,16-17,19-21,23-24,26-27,31,33,46,50H,6-7,9,11-13,15,18,22,25,28-30,32,34-45H2,1-5H3/b10-8-,16-14-,19-17-,21-20-,24-23-,27-26-,33-31-. The van der Waals surface area contributed by atoms with Crippen molar-refractivity contribution >= 4 is 17.9 Å². The summed E-state index contributed by atoms with van der Waals surface area (Å²) in [5, 5.41) is 11.7. The highest BCUT2D eigenvalue weighted by molar-refractivity contribution is 5.70. The number of allylic oxidation sites excluding steroid dienone is 14. The minimum atomic E-state index is -1.64. The van der Waals surface area contributed by atoms with E-state index in [-0.39, 0.29) is 38.6 Å². The first-order valence-electron chi connectivity index (χ1n) is 22.7. The minimum absolute atomic E-state index is 0.133. The normalized spacial score (nSPS) is 13.7. The van der Waals surface area contributed by atoms with E-state index in [1.807, 2.05) is 21.1 Å². The number of carboxylic acids is 1. The highest BCUT2D eigenvalue weighted by Gasteiger charge is 2.21. The van der Waals surface area contributed by atoms with E-state index in [4.69, 9.17) is 18.9 Å². The van der Waals surface area contributed by atoms with E-state index in [1.165, 1.54) is 32.1 Å². The average molecular weight is 826 g/mol. The molecule has 0 rings (SSSR count). The third-order valence-electron chi connectivity index (χ3n) is 9.13. The molecule has 0 heterocycles. The number of likely N-dealkylation sites (N-methyl/N-ethyl adjacent to an activating group) is 1. The van der Waals surface area contributed by atoms with Crippen LogP contribution in [-0.4, -0.2) is 82.3 Å². The van der Waals surface area contributed by atoms with Crippen LogP contribution in [-0.2, 0) is 33.3 Å². The third-order valence-corrected chi connectivity index (χ3v) is 9.13. The van der Waals surface area contributed by atoms with Gasteiger partial charge >= 0.3 is 11.9 Å². The number of ether oxygens (including phenoxy) is 4. The van der Waals surface area contributed by atoms with Crippen molar-refractivity contribution in [2.24, 2.45) is 0 Å². The number of unbranched alkanes of at least 4 members (excludes halogenated alkanes) is 11. The molecule has 0 bridgehead atoms. The first-order valence-corrected chi connectivity index (χ1v) is 22.7. The van der Waals surface area contributed by atoms with E-state index in [2.05, 4.69) is 98.9 Å². The highest BCUT2D eigenvalue weighted by Crippen LogP contribution is 2.11. The fourth-order valence-electron chi connectivity index (χ4n) is 5.59. The Balaban J connectivity index is 4.55. The van der Waals surface area contributed by atoms with Crippen LogP contribution in [0.1, 0.15) is 155 Å². The van der Waals surface area contributed by atoms with E-state index in [0.29, 0.717) is 17.4 Å². The van der Waals surface area contributed by atoms with E-state index in [9.17, 15) is 19.5 Å². The first-order chi connectivity index (χ1) is 28.6. The van der Waals surface area contributed by atoms with Gasteiger partial charge in [0.1, 0.15) is 13.2 Å². The maximum atomic E-state index is 12.7. The predicted molar refractivity (Wildman–Crippen MR) is 241 cm³/mol. The Kier molecular flexibility index (Phi) is 38.7. The van der Waals surface area contributed by atoms with Gasteiger partial charge in [-0.1, -0.05) is 137 Å². The van der Waals surface area contributed by atoms with Crippen LogP contribution in [0.4, 0.5) is 0 Å². The summed E-state index contributed by atoms with van der Waals surface area (Å²) in [6.07, 6.45) is 49.0. The van der Waals surface area contributed by atoms with E-state index in [1.54, 1.807) is 0 Å². The topological polar surface area (TPSA) is 111 Å². The van der Waals surface area contributed by atoms with Crippen LogP contribution in [0, 0.1) is 0 Å². The van der Waals surface area contributed by atoms with Gasteiger partial charge in [0.15, 0.2) is 12.4 Å². The van der Waals surface area contributed by atoms with Crippen molar-refractivity contribution in [2.45, 2.75) is 167 Å². The molecule has 0 aliphatic heterocycles. The van der Waals surface area contributed by atoms with Gasteiger partial charge < -0.3 is 33.3 Å². The van der Waals surface area contributed by atoms with Gasteiger partial charge in [-0.05, 0) is 89.9 Å². The fraction of sp³-hybridized carbons (Fsp3) is 0.660. The summed E-state index contributed by atoms with van der Waals surface area (Å²) in [6, 6.07) is 0. The summed E-state index contributed by atoms with van der Waals surface area (Å²) >= 11 is 0. The number of carbonyl (C=O) groups excluding carboxylic acids is 3. The number of quaternary nitrogens is 1. The molecule has 0 N–H and O–H groups in total. The molecule has 0 saturated carbocycles. The lowest BCUT2D eigenvalue weighted by Crippen LogP contribution is -2.44. The molecule has 2 atom stereocenters. The number of hydrogen-bond acceptors (Lipinski definition) is 8. The first kappa shape index (κ1) is 55.5. The van der Waals surface area contributed by atoms with Gasteiger partial charge in [-0.25, -0.2) is 0 Å². The second kappa shape index (κ2) is 41.2. The quantitative estimate of drug-likeness (QED) is 0.0197. The monoisotopic (exact) mass is 826 g/mol. The molecule has 2 unspecified atom stereocenters. The van der Waals surface area contributed by atoms with E-state index < -0.39 is 24.3 Å². The zero-order chi connectivity index (χ0) is 43.5. The van der Waals surface area contributed by atoms with Gasteiger partial charge in [-0.2, -0.15) is 0 Å². The maximum absolute atomic E-state index is 12.7. The molecule has 0 radical (unpaired) electrons. The number of rotatable bonds is 40. The Morgan fingerprint density at radius 3 is 1.49 bits per heavy atom. The van der Waals surface area contributed by atoms with Crippen LogP contribution in [0.3, 0.4) is 0 Å². The van der Waals surface area contributed by atoms with Gasteiger partial charge in [-0.15, -0.1) is 0 Å². The Hall–Kier alpha value is -3.53. The number of aliphatic carboxylic acids is 1. The molecule has 0 aromatic rings. The maximum Gasteiger partial charge on any atom is 0.306 e. The third kappa shape index (κ3) is 42.4. The number of hydrogen-bond donors (Lipinski definition) is 0. The van der Waals surface area contributed by atoms with Gasteiger partial charge in [0.25, 0.3) is 0 Å². The molecular formula is C50H83NO8. The molecule has 0 aliphatic rings. The van der Waals surface area contributed by atoms with Crippen molar-refractivity contribution in [1.29, 1.82) is 0 Å². The molecule has 0 spiro atoms. The fourth-order valence-corrected chi connectivity index (χ4v) is 5.59. The lowest BCUT2D eigenvalue weighted by Gasteiger charge is -2.26. The van der Waals surface area contributed by atoms with Crippen molar-refractivity contribution < 1.29 is 42.9 Å². The van der Waals surface area contributed by atoms with Gasteiger partial charge in [0, 0.05) is 12.8 Å². The lowest BCUT2D eigenvalue weighted by atomic mass is 10.1. The van der Waals surface area contributed by atoms with Crippen molar-refractivity contribution in [3.8, 4) is 0 Å². The number of nitrogens with zero attached hydrogens (tertiary/aromatic N) is 1. The van der Waals surface area contributed by atoms with Crippen LogP contribution in [0.15, 0.2) is 85.1 Å². The summed E-state index contributed by atoms with van der Waals surface area (Å²) in [4.78, 5) is 37.0. The molecule has 336 valence electrons. The SMILES string of the molecule is CC/C=C\C/C=C\C/C=C\C/C=C\C/C=C\C/C=C\CCCCC(=O)OC(COC(=O)CCCCCCC/C=C\CCCCCC)COC(OCC[N+](C)(C)C)C(=O)[O-]. The molecule has 0 aromatic heterocycles. The molecule has 0 aromatic carbocycles. The van der Waals surface area contributed by atoms with Gasteiger partial charge in [0.2, 0.25) is 0 Å². The van der Waals surface area contributed by atoms with Crippen molar-refractivity contribution in [3.05, 3.63) is 85.1 Å². The molecule has 9 heteroatoms. The zero-order valence-corrected chi connectivity index (χ0v) is 37.8. The van der Waals surface area contributed by atoms with Gasteiger partial charge in [-0.3, -0.25) is 9.59 Å². The summed E-state index contributed by atoms with van der Waals surface area (Å²) in [5.41, 5.74) is 0. The minimum Gasteiger partial charge on any atom is -0.545 e. The number of esters is 2. The summed E-state index contributed by atoms with van der Waals surface area (Å²) < 4.78 is 22.5. The number of carbonyl (C=O) groups is 3. The lowest BCUT2D eigenvalue weighted by molar-refractivity contribution is -0.870. The molecule has 0 saturated heterocycles. The smallest absolute Gasteiger partial charge is 0.306 e. The largest absolute Gasteiger partial charge is 0.545 e. The van der Waals surface area contributed by atoms with Crippen LogP contribution in [0.25, 0.3) is 0 Å².